The second-order valence-corrected chi connectivity index (χ2v) is 5.29. The van der Waals surface area contributed by atoms with Gasteiger partial charge in [0.2, 0.25) is 0 Å². The number of aromatic nitrogens is 1. The predicted molar refractivity (Wildman–Crippen MR) is 73.9 cm³/mol. The number of rotatable bonds is 3. The third-order valence-electron chi connectivity index (χ3n) is 2.77. The molecule has 1 unspecified atom stereocenters. The SMILES string of the molecule is NC(Cc1c(F)ccc(Br)c1F)c1ccncc1Cl. The molecule has 2 N–H and O–H groups in total. The van der Waals surface area contributed by atoms with E-state index in [0.717, 1.165) is 0 Å². The zero-order valence-corrected chi connectivity index (χ0v) is 12.0. The van der Waals surface area contributed by atoms with E-state index in [0.29, 0.717) is 10.6 Å². The topological polar surface area (TPSA) is 38.9 Å². The van der Waals surface area contributed by atoms with Gasteiger partial charge < -0.3 is 5.73 Å². The van der Waals surface area contributed by atoms with Crippen LogP contribution in [-0.2, 0) is 6.42 Å². The summed E-state index contributed by atoms with van der Waals surface area (Å²) in [7, 11) is 0. The van der Waals surface area contributed by atoms with Gasteiger partial charge in [0.15, 0.2) is 0 Å². The first-order valence-corrected chi connectivity index (χ1v) is 6.65. The van der Waals surface area contributed by atoms with E-state index >= 15 is 0 Å². The number of benzene rings is 1. The van der Waals surface area contributed by atoms with Crippen LogP contribution in [0.15, 0.2) is 35.1 Å². The quantitative estimate of drug-likeness (QED) is 0.852. The Morgan fingerprint density at radius 3 is 2.74 bits per heavy atom. The zero-order chi connectivity index (χ0) is 14.0. The fourth-order valence-electron chi connectivity index (χ4n) is 1.77. The molecule has 1 aromatic heterocycles. The van der Waals surface area contributed by atoms with Gasteiger partial charge in [-0.2, -0.15) is 0 Å². The Balaban J connectivity index is 2.32. The van der Waals surface area contributed by atoms with Gasteiger partial charge in [-0.25, -0.2) is 8.78 Å². The third kappa shape index (κ3) is 3.11. The van der Waals surface area contributed by atoms with E-state index in [1.807, 2.05) is 0 Å². The first-order chi connectivity index (χ1) is 9.00. The molecular formula is C13H10BrClF2N2. The first kappa shape index (κ1) is 14.4. The molecule has 0 aliphatic heterocycles. The number of nitrogens with two attached hydrogens (primary N) is 1. The molecule has 0 fully saturated rings. The van der Waals surface area contributed by atoms with Crippen LogP contribution in [-0.4, -0.2) is 4.98 Å². The van der Waals surface area contributed by atoms with Crippen LogP contribution in [0.4, 0.5) is 8.78 Å². The summed E-state index contributed by atoms with van der Waals surface area (Å²) in [6.45, 7) is 0. The maximum Gasteiger partial charge on any atom is 0.143 e. The second-order valence-electron chi connectivity index (χ2n) is 4.03. The van der Waals surface area contributed by atoms with Crippen molar-refractivity contribution in [3.8, 4) is 0 Å². The van der Waals surface area contributed by atoms with E-state index < -0.39 is 17.7 Å². The highest BCUT2D eigenvalue weighted by molar-refractivity contribution is 9.10. The van der Waals surface area contributed by atoms with Gasteiger partial charge in [-0.3, -0.25) is 4.98 Å². The largest absolute Gasteiger partial charge is 0.324 e. The van der Waals surface area contributed by atoms with Crippen molar-refractivity contribution < 1.29 is 8.78 Å². The van der Waals surface area contributed by atoms with Gasteiger partial charge in [-0.1, -0.05) is 11.6 Å². The summed E-state index contributed by atoms with van der Waals surface area (Å²) in [4.78, 5) is 3.84. The Kier molecular flexibility index (Phi) is 4.50. The highest BCUT2D eigenvalue weighted by Gasteiger charge is 2.18. The van der Waals surface area contributed by atoms with E-state index in [9.17, 15) is 8.78 Å². The molecule has 6 heteroatoms. The van der Waals surface area contributed by atoms with Crippen molar-refractivity contribution in [3.05, 3.63) is 62.8 Å². The van der Waals surface area contributed by atoms with Gasteiger partial charge >= 0.3 is 0 Å². The minimum absolute atomic E-state index is 0.0147. The number of pyridine rings is 1. The van der Waals surface area contributed by atoms with Crippen molar-refractivity contribution >= 4 is 27.5 Å². The van der Waals surface area contributed by atoms with Gasteiger partial charge in [0.1, 0.15) is 11.6 Å². The lowest BCUT2D eigenvalue weighted by molar-refractivity contribution is 0.536. The Labute approximate surface area is 122 Å². The van der Waals surface area contributed by atoms with E-state index in [4.69, 9.17) is 17.3 Å². The van der Waals surface area contributed by atoms with Crippen LogP contribution in [0.2, 0.25) is 5.02 Å². The van der Waals surface area contributed by atoms with E-state index in [-0.39, 0.29) is 16.5 Å². The molecule has 0 spiro atoms. The summed E-state index contributed by atoms with van der Waals surface area (Å²) in [6, 6.07) is 3.55. The Hall–Kier alpha value is -1.04. The van der Waals surface area contributed by atoms with Crippen molar-refractivity contribution in [2.75, 3.05) is 0 Å². The fourth-order valence-corrected chi connectivity index (χ4v) is 2.40. The van der Waals surface area contributed by atoms with Crippen molar-refractivity contribution in [3.63, 3.8) is 0 Å². The van der Waals surface area contributed by atoms with Gasteiger partial charge in [-0.05, 0) is 46.1 Å². The minimum Gasteiger partial charge on any atom is -0.324 e. The number of nitrogens with zero attached hydrogens (tertiary/aromatic N) is 1. The van der Waals surface area contributed by atoms with Crippen molar-refractivity contribution in [1.82, 2.24) is 4.98 Å². The molecule has 100 valence electrons. The molecule has 0 aliphatic rings. The molecule has 1 aromatic carbocycles. The standard InChI is InChI=1S/C13H10BrClF2N2/c14-9-1-2-11(16)8(13(9)17)5-12(18)7-3-4-19-6-10(7)15/h1-4,6,12H,5,18H2. The van der Waals surface area contributed by atoms with Crippen LogP contribution >= 0.6 is 27.5 Å². The van der Waals surface area contributed by atoms with Crippen LogP contribution in [0.3, 0.4) is 0 Å². The summed E-state index contributed by atoms with van der Waals surface area (Å²) < 4.78 is 27.7. The molecule has 0 aliphatic carbocycles. The highest BCUT2D eigenvalue weighted by Crippen LogP contribution is 2.27. The molecule has 1 heterocycles. The molecular weight excluding hydrogens is 338 g/mol. The molecule has 0 saturated heterocycles. The number of hydrogen-bond acceptors (Lipinski definition) is 2. The smallest absolute Gasteiger partial charge is 0.143 e. The van der Waals surface area contributed by atoms with E-state index in [2.05, 4.69) is 20.9 Å². The van der Waals surface area contributed by atoms with E-state index in [1.54, 1.807) is 6.07 Å². The molecule has 2 nitrogen and oxygen atoms in total. The fraction of sp³-hybridized carbons (Fsp3) is 0.154. The molecule has 0 bridgehead atoms. The molecule has 2 aromatic rings. The Morgan fingerprint density at radius 2 is 2.05 bits per heavy atom. The van der Waals surface area contributed by atoms with Crippen LogP contribution in [0.25, 0.3) is 0 Å². The molecule has 0 amide bonds. The van der Waals surface area contributed by atoms with Crippen molar-refractivity contribution in [1.29, 1.82) is 0 Å². The van der Waals surface area contributed by atoms with Gasteiger partial charge in [0.25, 0.3) is 0 Å². The molecule has 1 atom stereocenters. The van der Waals surface area contributed by atoms with Crippen molar-refractivity contribution in [2.24, 2.45) is 5.73 Å². The molecule has 0 radical (unpaired) electrons. The van der Waals surface area contributed by atoms with Crippen LogP contribution in [0.5, 0.6) is 0 Å². The maximum absolute atomic E-state index is 13.9. The summed E-state index contributed by atoms with van der Waals surface area (Å²) in [5.74, 6) is -1.26. The molecule has 19 heavy (non-hydrogen) atoms. The van der Waals surface area contributed by atoms with Gasteiger partial charge in [0.05, 0.1) is 9.50 Å². The lowest BCUT2D eigenvalue weighted by Gasteiger charge is -2.15. The summed E-state index contributed by atoms with van der Waals surface area (Å²) in [6.07, 6.45) is 3.00. The van der Waals surface area contributed by atoms with Crippen molar-refractivity contribution in [2.45, 2.75) is 12.5 Å². The monoisotopic (exact) mass is 346 g/mol. The van der Waals surface area contributed by atoms with Crippen LogP contribution in [0.1, 0.15) is 17.2 Å². The first-order valence-electron chi connectivity index (χ1n) is 5.48. The third-order valence-corrected chi connectivity index (χ3v) is 3.69. The van der Waals surface area contributed by atoms with Gasteiger partial charge in [0, 0.05) is 24.0 Å². The van der Waals surface area contributed by atoms with Crippen LogP contribution in [0, 0.1) is 11.6 Å². The maximum atomic E-state index is 13.9. The lowest BCUT2D eigenvalue weighted by atomic mass is 10.00. The second kappa shape index (κ2) is 5.94. The molecule has 2 rings (SSSR count). The Bertz CT molecular complexity index is 607. The van der Waals surface area contributed by atoms with E-state index in [1.165, 1.54) is 24.5 Å². The number of halogens is 4. The summed E-state index contributed by atoms with van der Waals surface area (Å²) >= 11 is 8.98. The minimum atomic E-state index is -0.638. The van der Waals surface area contributed by atoms with Crippen LogP contribution < -0.4 is 5.73 Å². The lowest BCUT2D eigenvalue weighted by Crippen LogP contribution is -2.16. The number of hydrogen-bond donors (Lipinski definition) is 1. The van der Waals surface area contributed by atoms with Gasteiger partial charge in [-0.15, -0.1) is 0 Å². The average Bonchev–Trinajstić information content (AvgIpc) is 2.39. The predicted octanol–water partition coefficient (Wildman–Crippen LogP) is 4.02. The zero-order valence-electron chi connectivity index (χ0n) is 9.71. The highest BCUT2D eigenvalue weighted by atomic mass is 79.9. The Morgan fingerprint density at radius 1 is 1.32 bits per heavy atom. The average molecular weight is 348 g/mol. The normalized spacial score (nSPS) is 12.5. The molecule has 0 saturated carbocycles. The summed E-state index contributed by atoms with van der Waals surface area (Å²) in [5, 5.41) is 0.380. The summed E-state index contributed by atoms with van der Waals surface area (Å²) in [5.41, 5.74) is 6.50.